The Morgan fingerprint density at radius 3 is 2.53 bits per heavy atom. The number of sulfonamides is 1. The van der Waals surface area contributed by atoms with Gasteiger partial charge in [0.2, 0.25) is 10.0 Å². The number of hydrogen-bond donors (Lipinski definition) is 0. The van der Waals surface area contributed by atoms with Crippen LogP contribution in [-0.2, 0) is 25.3 Å². The van der Waals surface area contributed by atoms with E-state index < -0.39 is 16.0 Å². The highest BCUT2D eigenvalue weighted by Gasteiger charge is 2.26. The third kappa shape index (κ3) is 6.03. The van der Waals surface area contributed by atoms with E-state index in [4.69, 9.17) is 4.74 Å². The third-order valence-electron chi connectivity index (χ3n) is 4.54. The number of ether oxygens (including phenoxy) is 1. The second-order valence-corrected chi connectivity index (χ2v) is 10.8. The zero-order valence-corrected chi connectivity index (χ0v) is 19.2. The fraction of sp³-hybridized carbons (Fsp3) is 0.421. The van der Waals surface area contributed by atoms with Crippen molar-refractivity contribution in [2.45, 2.75) is 17.6 Å². The van der Waals surface area contributed by atoms with Gasteiger partial charge in [-0.3, -0.25) is 4.79 Å². The van der Waals surface area contributed by atoms with Gasteiger partial charge >= 0.3 is 5.97 Å². The number of carbonyl (C=O) groups is 2. The smallest absolute Gasteiger partial charge is 0.339 e. The maximum Gasteiger partial charge on any atom is 0.339 e. The second kappa shape index (κ2) is 9.90. The fourth-order valence-corrected chi connectivity index (χ4v) is 5.43. The highest BCUT2D eigenvalue weighted by molar-refractivity contribution is 7.98. The van der Waals surface area contributed by atoms with Crippen molar-refractivity contribution in [3.63, 3.8) is 0 Å². The van der Waals surface area contributed by atoms with Crippen LogP contribution < -0.4 is 0 Å². The molecule has 1 aromatic carbocycles. The van der Waals surface area contributed by atoms with Gasteiger partial charge < -0.3 is 9.64 Å². The number of esters is 1. The van der Waals surface area contributed by atoms with Crippen molar-refractivity contribution in [2.75, 3.05) is 39.0 Å². The number of amides is 1. The Kier molecular flexibility index (Phi) is 7.50. The summed E-state index contributed by atoms with van der Waals surface area (Å²) in [6.07, 6.45) is 1.15. The number of rotatable bonds is 7. The van der Waals surface area contributed by atoms with E-state index in [1.807, 2.05) is 24.4 Å². The molecule has 0 bridgehead atoms. The molecule has 3 rings (SSSR count). The Labute approximate surface area is 184 Å². The van der Waals surface area contributed by atoms with Gasteiger partial charge in [0.05, 0.1) is 22.5 Å². The van der Waals surface area contributed by atoms with Gasteiger partial charge in [-0.15, -0.1) is 23.1 Å². The SMILES string of the molecule is Cc1nc(CSc2ccccc2C(=O)OCC(=O)N2CCN(S(C)(=O)=O)CC2)cs1. The summed E-state index contributed by atoms with van der Waals surface area (Å²) in [6, 6.07) is 7.11. The van der Waals surface area contributed by atoms with Crippen molar-refractivity contribution in [1.82, 2.24) is 14.2 Å². The fourth-order valence-electron chi connectivity index (χ4n) is 2.95. The second-order valence-electron chi connectivity index (χ2n) is 6.76. The Hall–Kier alpha value is -1.95. The van der Waals surface area contributed by atoms with E-state index in [1.165, 1.54) is 21.0 Å². The zero-order valence-electron chi connectivity index (χ0n) is 16.7. The molecule has 0 saturated carbocycles. The van der Waals surface area contributed by atoms with Crippen LogP contribution in [0.5, 0.6) is 0 Å². The molecule has 0 spiro atoms. The summed E-state index contributed by atoms with van der Waals surface area (Å²) in [5.41, 5.74) is 1.36. The lowest BCUT2D eigenvalue weighted by molar-refractivity contribution is -0.135. The number of carbonyl (C=O) groups excluding carboxylic acids is 2. The molecule has 1 aliphatic rings. The van der Waals surface area contributed by atoms with Crippen LogP contribution in [0.15, 0.2) is 34.5 Å². The molecule has 162 valence electrons. The highest BCUT2D eigenvalue weighted by Crippen LogP contribution is 2.27. The first-order chi connectivity index (χ1) is 14.2. The highest BCUT2D eigenvalue weighted by atomic mass is 32.2. The maximum absolute atomic E-state index is 12.5. The van der Waals surface area contributed by atoms with Crippen molar-refractivity contribution < 1.29 is 22.7 Å². The van der Waals surface area contributed by atoms with Crippen LogP contribution in [0.25, 0.3) is 0 Å². The first-order valence-electron chi connectivity index (χ1n) is 9.27. The number of thiazole rings is 1. The predicted molar refractivity (Wildman–Crippen MR) is 116 cm³/mol. The van der Waals surface area contributed by atoms with Crippen LogP contribution in [-0.4, -0.2) is 73.5 Å². The summed E-state index contributed by atoms with van der Waals surface area (Å²) >= 11 is 3.07. The van der Waals surface area contributed by atoms with Crippen LogP contribution in [0.2, 0.25) is 0 Å². The van der Waals surface area contributed by atoms with E-state index >= 15 is 0 Å². The Bertz CT molecular complexity index is 1010. The summed E-state index contributed by atoms with van der Waals surface area (Å²) in [5, 5.41) is 2.99. The number of nitrogens with zero attached hydrogens (tertiary/aromatic N) is 3. The lowest BCUT2D eigenvalue weighted by Crippen LogP contribution is -2.51. The molecule has 11 heteroatoms. The molecule has 0 atom stereocenters. The number of piperazine rings is 1. The van der Waals surface area contributed by atoms with E-state index in [9.17, 15) is 18.0 Å². The minimum Gasteiger partial charge on any atom is -0.452 e. The lowest BCUT2D eigenvalue weighted by Gasteiger charge is -2.33. The van der Waals surface area contributed by atoms with Crippen LogP contribution in [0.3, 0.4) is 0 Å². The summed E-state index contributed by atoms with van der Waals surface area (Å²) < 4.78 is 29.7. The summed E-state index contributed by atoms with van der Waals surface area (Å²) in [4.78, 5) is 31.6. The molecule has 1 amide bonds. The molecule has 1 fully saturated rings. The summed E-state index contributed by atoms with van der Waals surface area (Å²) in [7, 11) is -3.26. The molecule has 1 saturated heterocycles. The molecule has 0 aliphatic carbocycles. The van der Waals surface area contributed by atoms with Gasteiger partial charge in [-0.05, 0) is 19.1 Å². The lowest BCUT2D eigenvalue weighted by atomic mass is 10.2. The molecule has 1 aromatic heterocycles. The largest absolute Gasteiger partial charge is 0.452 e. The third-order valence-corrected chi connectivity index (χ3v) is 7.77. The Morgan fingerprint density at radius 2 is 1.90 bits per heavy atom. The number of thioether (sulfide) groups is 1. The first-order valence-corrected chi connectivity index (χ1v) is 13.0. The topological polar surface area (TPSA) is 96.9 Å². The molecule has 1 aliphatic heterocycles. The van der Waals surface area contributed by atoms with Crippen LogP contribution in [0.1, 0.15) is 21.1 Å². The van der Waals surface area contributed by atoms with Crippen molar-refractivity contribution >= 4 is 45.0 Å². The minimum atomic E-state index is -3.26. The molecule has 0 N–H and O–H groups in total. The molecule has 0 radical (unpaired) electrons. The summed E-state index contributed by atoms with van der Waals surface area (Å²) in [5.74, 6) is -0.256. The minimum absolute atomic E-state index is 0.244. The summed E-state index contributed by atoms with van der Waals surface area (Å²) in [6.45, 7) is 2.62. The van der Waals surface area contributed by atoms with E-state index in [0.29, 0.717) is 11.3 Å². The first kappa shape index (κ1) is 22.7. The molecule has 30 heavy (non-hydrogen) atoms. The van der Waals surface area contributed by atoms with Crippen molar-refractivity contribution in [2.24, 2.45) is 0 Å². The van der Waals surface area contributed by atoms with Crippen LogP contribution in [0.4, 0.5) is 0 Å². The Morgan fingerprint density at radius 1 is 1.20 bits per heavy atom. The molecule has 0 unspecified atom stereocenters. The zero-order chi connectivity index (χ0) is 21.7. The van der Waals surface area contributed by atoms with Gasteiger partial charge in [-0.1, -0.05) is 12.1 Å². The molecule has 2 aromatic rings. The van der Waals surface area contributed by atoms with Crippen molar-refractivity contribution in [3.8, 4) is 0 Å². The average molecular weight is 470 g/mol. The molecule has 8 nitrogen and oxygen atoms in total. The number of benzene rings is 1. The van der Waals surface area contributed by atoms with E-state index in [-0.39, 0.29) is 38.7 Å². The van der Waals surface area contributed by atoms with Crippen molar-refractivity contribution in [1.29, 1.82) is 0 Å². The van der Waals surface area contributed by atoms with Crippen LogP contribution in [0, 0.1) is 6.92 Å². The van der Waals surface area contributed by atoms with Gasteiger partial charge in [-0.25, -0.2) is 18.2 Å². The van der Waals surface area contributed by atoms with E-state index in [1.54, 1.807) is 23.5 Å². The quantitative estimate of drug-likeness (QED) is 0.452. The van der Waals surface area contributed by atoms with Gasteiger partial charge in [0, 0.05) is 42.2 Å². The normalized spacial score (nSPS) is 15.2. The Balaban J connectivity index is 1.53. The number of aryl methyl sites for hydroxylation is 1. The van der Waals surface area contributed by atoms with E-state index in [0.717, 1.165) is 21.9 Å². The molecular weight excluding hydrogens is 446 g/mol. The number of hydrogen-bond acceptors (Lipinski definition) is 8. The van der Waals surface area contributed by atoms with Gasteiger partial charge in [-0.2, -0.15) is 4.31 Å². The predicted octanol–water partition coefficient (Wildman–Crippen LogP) is 2.00. The van der Waals surface area contributed by atoms with Crippen molar-refractivity contribution in [3.05, 3.63) is 45.9 Å². The van der Waals surface area contributed by atoms with Gasteiger partial charge in [0.1, 0.15) is 0 Å². The number of aromatic nitrogens is 1. The molecule has 2 heterocycles. The maximum atomic E-state index is 12.5. The molecular formula is C19H23N3O5S3. The standard InChI is InChI=1S/C19H23N3O5S3/c1-14-20-15(12-28-14)13-29-17-6-4-3-5-16(17)19(24)27-11-18(23)21-7-9-22(10-8-21)30(2,25)26/h3-6,12H,7-11,13H2,1-2H3. The van der Waals surface area contributed by atoms with Crippen LogP contribution >= 0.6 is 23.1 Å². The monoisotopic (exact) mass is 469 g/mol. The van der Waals surface area contributed by atoms with Gasteiger partial charge in [0.25, 0.3) is 5.91 Å². The van der Waals surface area contributed by atoms with E-state index in [2.05, 4.69) is 4.98 Å². The average Bonchev–Trinajstić information content (AvgIpc) is 3.15. The van der Waals surface area contributed by atoms with Gasteiger partial charge in [0.15, 0.2) is 6.61 Å².